The molecule has 6 nitrogen and oxygen atoms in total. The Morgan fingerprint density at radius 2 is 2.45 bits per heavy atom. The van der Waals surface area contributed by atoms with Crippen molar-refractivity contribution in [3.63, 3.8) is 0 Å². The van der Waals surface area contributed by atoms with Crippen LogP contribution in [0, 0.1) is 11.3 Å². The van der Waals surface area contributed by atoms with Crippen LogP contribution in [-0.2, 0) is 0 Å². The minimum Gasteiger partial charge on any atom is -0.387 e. The minimum absolute atomic E-state index is 0.102. The maximum absolute atomic E-state index is 11.8. The van der Waals surface area contributed by atoms with Gasteiger partial charge in [-0.2, -0.15) is 0 Å². The SMILES string of the molecule is CCNC(=O)c1cc(N2CCCC(C(=N)N)C2)ccn1. The van der Waals surface area contributed by atoms with Crippen LogP contribution < -0.4 is 16.0 Å². The van der Waals surface area contributed by atoms with Crippen LogP contribution in [0.1, 0.15) is 30.3 Å². The highest BCUT2D eigenvalue weighted by molar-refractivity contribution is 5.93. The fourth-order valence-electron chi connectivity index (χ4n) is 2.46. The van der Waals surface area contributed by atoms with Gasteiger partial charge in [-0.15, -0.1) is 0 Å². The molecule has 1 saturated heterocycles. The second-order valence-corrected chi connectivity index (χ2v) is 5.00. The molecule has 1 aliphatic rings. The van der Waals surface area contributed by atoms with Crippen LogP contribution in [0.4, 0.5) is 5.69 Å². The summed E-state index contributed by atoms with van der Waals surface area (Å²) < 4.78 is 0. The highest BCUT2D eigenvalue weighted by atomic mass is 16.1. The van der Waals surface area contributed by atoms with E-state index in [9.17, 15) is 4.79 Å². The van der Waals surface area contributed by atoms with Crippen LogP contribution in [0.5, 0.6) is 0 Å². The maximum Gasteiger partial charge on any atom is 0.269 e. The quantitative estimate of drug-likeness (QED) is 0.564. The van der Waals surface area contributed by atoms with Crippen molar-refractivity contribution in [2.24, 2.45) is 11.7 Å². The van der Waals surface area contributed by atoms with Gasteiger partial charge in [-0.05, 0) is 31.9 Å². The average Bonchev–Trinajstić information content (AvgIpc) is 2.48. The van der Waals surface area contributed by atoms with Crippen molar-refractivity contribution in [3.8, 4) is 0 Å². The van der Waals surface area contributed by atoms with Crippen molar-refractivity contribution in [1.29, 1.82) is 5.41 Å². The Bertz CT molecular complexity index is 502. The predicted octanol–water partition coefficient (Wildman–Crippen LogP) is 0.984. The number of amidine groups is 1. The molecule has 1 fully saturated rings. The molecule has 0 aliphatic carbocycles. The lowest BCUT2D eigenvalue weighted by atomic mass is 9.96. The molecule has 1 atom stereocenters. The molecule has 1 unspecified atom stereocenters. The summed E-state index contributed by atoms with van der Waals surface area (Å²) in [5.74, 6) is 0.187. The van der Waals surface area contributed by atoms with Crippen LogP contribution in [0.2, 0.25) is 0 Å². The van der Waals surface area contributed by atoms with Crippen LogP contribution in [0.15, 0.2) is 18.3 Å². The van der Waals surface area contributed by atoms with Crippen molar-refractivity contribution < 1.29 is 4.79 Å². The van der Waals surface area contributed by atoms with Gasteiger partial charge in [0.05, 0.1) is 5.84 Å². The van der Waals surface area contributed by atoms with E-state index in [-0.39, 0.29) is 17.7 Å². The lowest BCUT2D eigenvalue weighted by Crippen LogP contribution is -2.41. The molecule has 1 amide bonds. The highest BCUT2D eigenvalue weighted by Crippen LogP contribution is 2.23. The number of carbonyl (C=O) groups excluding carboxylic acids is 1. The first-order chi connectivity index (χ1) is 9.61. The summed E-state index contributed by atoms with van der Waals surface area (Å²) in [6, 6.07) is 3.69. The normalized spacial score (nSPS) is 18.6. The molecule has 2 rings (SSSR count). The van der Waals surface area contributed by atoms with Gasteiger partial charge in [0, 0.05) is 37.4 Å². The number of hydrogen-bond acceptors (Lipinski definition) is 4. The summed E-state index contributed by atoms with van der Waals surface area (Å²) in [5, 5.41) is 10.3. The van der Waals surface area contributed by atoms with E-state index in [0.29, 0.717) is 12.2 Å². The number of nitrogens with zero attached hydrogens (tertiary/aromatic N) is 2. The number of carbonyl (C=O) groups is 1. The van der Waals surface area contributed by atoms with Gasteiger partial charge in [0.15, 0.2) is 0 Å². The molecule has 0 spiro atoms. The van der Waals surface area contributed by atoms with E-state index in [2.05, 4.69) is 15.2 Å². The zero-order valence-corrected chi connectivity index (χ0v) is 11.7. The summed E-state index contributed by atoms with van der Waals surface area (Å²) in [7, 11) is 0. The third kappa shape index (κ3) is 3.26. The first kappa shape index (κ1) is 14.3. The summed E-state index contributed by atoms with van der Waals surface area (Å²) in [5.41, 5.74) is 7.00. The van der Waals surface area contributed by atoms with Crippen LogP contribution in [0.25, 0.3) is 0 Å². The third-order valence-electron chi connectivity index (χ3n) is 3.54. The largest absolute Gasteiger partial charge is 0.387 e. The Hall–Kier alpha value is -2.11. The summed E-state index contributed by atoms with van der Waals surface area (Å²) in [6.45, 7) is 4.11. The zero-order valence-electron chi connectivity index (χ0n) is 11.7. The summed E-state index contributed by atoms with van der Waals surface area (Å²) in [4.78, 5) is 18.1. The van der Waals surface area contributed by atoms with E-state index in [4.69, 9.17) is 11.1 Å². The van der Waals surface area contributed by atoms with Crippen molar-refractivity contribution in [1.82, 2.24) is 10.3 Å². The van der Waals surface area contributed by atoms with E-state index in [1.807, 2.05) is 13.0 Å². The average molecular weight is 275 g/mol. The molecule has 0 aromatic carbocycles. The number of rotatable bonds is 4. The monoisotopic (exact) mass is 275 g/mol. The van der Waals surface area contributed by atoms with Crippen molar-refractivity contribution in [3.05, 3.63) is 24.0 Å². The molecule has 1 aromatic rings. The lowest BCUT2D eigenvalue weighted by molar-refractivity contribution is 0.0951. The van der Waals surface area contributed by atoms with E-state index >= 15 is 0 Å². The van der Waals surface area contributed by atoms with Gasteiger partial charge < -0.3 is 16.0 Å². The van der Waals surface area contributed by atoms with E-state index in [0.717, 1.165) is 31.6 Å². The number of nitrogens with two attached hydrogens (primary N) is 1. The van der Waals surface area contributed by atoms with E-state index in [1.165, 1.54) is 0 Å². The van der Waals surface area contributed by atoms with Gasteiger partial charge in [-0.1, -0.05) is 0 Å². The Morgan fingerprint density at radius 3 is 3.15 bits per heavy atom. The minimum atomic E-state index is -0.158. The Kier molecular flexibility index (Phi) is 4.55. The Labute approximate surface area is 118 Å². The molecule has 0 bridgehead atoms. The standard InChI is InChI=1S/C14H21N5O/c1-2-17-14(20)12-8-11(5-6-18-12)19-7-3-4-10(9-19)13(15)16/h5-6,8,10H,2-4,7,9H2,1H3,(H3,15,16)(H,17,20). The third-order valence-corrected chi connectivity index (χ3v) is 3.54. The van der Waals surface area contributed by atoms with Gasteiger partial charge in [0.2, 0.25) is 0 Å². The van der Waals surface area contributed by atoms with Crippen LogP contribution in [-0.4, -0.2) is 36.4 Å². The molecule has 2 heterocycles. The van der Waals surface area contributed by atoms with Gasteiger partial charge in [-0.3, -0.25) is 15.2 Å². The van der Waals surface area contributed by atoms with Gasteiger partial charge in [-0.25, -0.2) is 0 Å². The summed E-state index contributed by atoms with van der Waals surface area (Å²) in [6.07, 6.45) is 3.61. The first-order valence-corrected chi connectivity index (χ1v) is 6.95. The van der Waals surface area contributed by atoms with Gasteiger partial charge in [0.1, 0.15) is 5.69 Å². The second-order valence-electron chi connectivity index (χ2n) is 5.00. The van der Waals surface area contributed by atoms with Gasteiger partial charge >= 0.3 is 0 Å². The van der Waals surface area contributed by atoms with Crippen molar-refractivity contribution in [2.45, 2.75) is 19.8 Å². The number of nitrogens with one attached hydrogen (secondary N) is 2. The molecule has 1 aromatic heterocycles. The number of amides is 1. The Morgan fingerprint density at radius 1 is 1.65 bits per heavy atom. The predicted molar refractivity (Wildman–Crippen MR) is 79.1 cm³/mol. The fourth-order valence-corrected chi connectivity index (χ4v) is 2.46. The molecule has 20 heavy (non-hydrogen) atoms. The molecular weight excluding hydrogens is 254 g/mol. The Balaban J connectivity index is 2.14. The molecule has 108 valence electrons. The zero-order chi connectivity index (χ0) is 14.5. The van der Waals surface area contributed by atoms with Crippen LogP contribution in [0.3, 0.4) is 0 Å². The number of hydrogen-bond donors (Lipinski definition) is 3. The number of piperidine rings is 1. The smallest absolute Gasteiger partial charge is 0.269 e. The molecule has 4 N–H and O–H groups in total. The summed E-state index contributed by atoms with van der Waals surface area (Å²) >= 11 is 0. The molecule has 6 heteroatoms. The number of aromatic nitrogens is 1. The molecule has 0 saturated carbocycles. The number of pyridine rings is 1. The first-order valence-electron chi connectivity index (χ1n) is 6.95. The van der Waals surface area contributed by atoms with Gasteiger partial charge in [0.25, 0.3) is 5.91 Å². The maximum atomic E-state index is 11.8. The van der Waals surface area contributed by atoms with Crippen molar-refractivity contribution in [2.75, 3.05) is 24.5 Å². The fraction of sp³-hybridized carbons (Fsp3) is 0.500. The highest BCUT2D eigenvalue weighted by Gasteiger charge is 2.22. The van der Waals surface area contributed by atoms with Crippen molar-refractivity contribution >= 4 is 17.4 Å². The number of anilines is 1. The molecule has 0 radical (unpaired) electrons. The van der Waals surface area contributed by atoms with Crippen LogP contribution >= 0.6 is 0 Å². The topological polar surface area (TPSA) is 95.1 Å². The van der Waals surface area contributed by atoms with E-state index in [1.54, 1.807) is 12.3 Å². The second kappa shape index (κ2) is 6.36. The lowest BCUT2D eigenvalue weighted by Gasteiger charge is -2.33. The molecule has 1 aliphatic heterocycles. The molecular formula is C14H21N5O. The van der Waals surface area contributed by atoms with E-state index < -0.39 is 0 Å².